The number of hydrogen-bond acceptors (Lipinski definition) is 8. The lowest BCUT2D eigenvalue weighted by Crippen LogP contribution is -2.37. The quantitative estimate of drug-likeness (QED) is 0.116. The van der Waals surface area contributed by atoms with E-state index in [0.717, 1.165) is 51.4 Å². The fraction of sp³-hybridized carbons (Fsp3) is 0.258. The molecule has 3 aromatic carbocycles. The summed E-state index contributed by atoms with van der Waals surface area (Å²) in [7, 11) is 1.55. The van der Waals surface area contributed by atoms with E-state index in [9.17, 15) is 9.18 Å². The van der Waals surface area contributed by atoms with Crippen molar-refractivity contribution in [1.29, 1.82) is 0 Å². The molecule has 10 nitrogen and oxygen atoms in total. The first kappa shape index (κ1) is 30.9. The molecule has 2 amide bonds. The number of anilines is 1. The standard InChI is InChI=1S/C31H30ClF2N5O5/c1-41-29-17-23-26(18-30(29)43-12-2-9-39-10-13-42-14-11-39)35-8-7-27(23)44-28-6-5-22(16-25(28)34)37-31(40)38-36-19-20-3-4-21(33)15-24(20)32/h3-8,15-19H,2,9-14H2,1H3,(H2,37,38,40)/b36-19+. The molecule has 0 bridgehead atoms. The van der Waals surface area contributed by atoms with E-state index in [1.807, 2.05) is 0 Å². The van der Waals surface area contributed by atoms with Gasteiger partial charge < -0.3 is 24.3 Å². The lowest BCUT2D eigenvalue weighted by atomic mass is 10.1. The van der Waals surface area contributed by atoms with Gasteiger partial charge in [-0.2, -0.15) is 5.10 Å². The van der Waals surface area contributed by atoms with Crippen LogP contribution in [0.2, 0.25) is 5.02 Å². The maximum absolute atomic E-state index is 15.0. The summed E-state index contributed by atoms with van der Waals surface area (Å²) in [5.74, 6) is 0.150. The fourth-order valence-electron chi connectivity index (χ4n) is 4.49. The summed E-state index contributed by atoms with van der Waals surface area (Å²) in [6.45, 7) is 4.78. The number of methoxy groups -OCH3 is 1. The predicted octanol–water partition coefficient (Wildman–Crippen LogP) is 6.22. The van der Waals surface area contributed by atoms with Crippen molar-refractivity contribution in [3.63, 3.8) is 0 Å². The van der Waals surface area contributed by atoms with Gasteiger partial charge in [-0.05, 0) is 48.9 Å². The summed E-state index contributed by atoms with van der Waals surface area (Å²) in [4.78, 5) is 19.0. The molecule has 1 aliphatic rings. The van der Waals surface area contributed by atoms with Crippen LogP contribution in [-0.2, 0) is 4.74 Å². The molecular weight excluding hydrogens is 596 g/mol. The highest BCUT2D eigenvalue weighted by Gasteiger charge is 2.15. The van der Waals surface area contributed by atoms with Gasteiger partial charge in [0.25, 0.3) is 0 Å². The lowest BCUT2D eigenvalue weighted by Gasteiger charge is -2.26. The van der Waals surface area contributed by atoms with Crippen molar-refractivity contribution in [3.8, 4) is 23.0 Å². The monoisotopic (exact) mass is 625 g/mol. The average Bonchev–Trinajstić information content (AvgIpc) is 3.02. The number of carbonyl (C=O) groups excluding carboxylic acids is 1. The van der Waals surface area contributed by atoms with Crippen LogP contribution in [0.25, 0.3) is 10.9 Å². The first-order valence-corrected chi connectivity index (χ1v) is 14.2. The van der Waals surface area contributed by atoms with Gasteiger partial charge in [0.1, 0.15) is 11.6 Å². The molecule has 1 aliphatic heterocycles. The van der Waals surface area contributed by atoms with Crippen LogP contribution in [0.5, 0.6) is 23.0 Å². The maximum atomic E-state index is 15.0. The van der Waals surface area contributed by atoms with Crippen molar-refractivity contribution in [2.24, 2.45) is 5.10 Å². The molecule has 1 aromatic heterocycles. The van der Waals surface area contributed by atoms with Crippen LogP contribution in [0, 0.1) is 11.6 Å². The van der Waals surface area contributed by atoms with E-state index in [-0.39, 0.29) is 16.5 Å². The van der Waals surface area contributed by atoms with Crippen LogP contribution in [0.3, 0.4) is 0 Å². The van der Waals surface area contributed by atoms with Crippen molar-refractivity contribution >= 4 is 40.4 Å². The Balaban J connectivity index is 1.21. The Labute approximate surface area is 257 Å². The number of amides is 2. The van der Waals surface area contributed by atoms with Crippen molar-refractivity contribution in [3.05, 3.63) is 83.0 Å². The van der Waals surface area contributed by atoms with Gasteiger partial charge in [-0.3, -0.25) is 9.88 Å². The van der Waals surface area contributed by atoms with Gasteiger partial charge >= 0.3 is 6.03 Å². The number of hydrazone groups is 1. The Morgan fingerprint density at radius 1 is 1.07 bits per heavy atom. The Kier molecular flexibility index (Phi) is 10.4. The predicted molar refractivity (Wildman–Crippen MR) is 163 cm³/mol. The fourth-order valence-corrected chi connectivity index (χ4v) is 4.71. The number of ether oxygens (including phenoxy) is 4. The van der Waals surface area contributed by atoms with E-state index in [1.54, 1.807) is 31.5 Å². The molecule has 1 saturated heterocycles. The Morgan fingerprint density at radius 2 is 1.91 bits per heavy atom. The molecule has 2 N–H and O–H groups in total. The number of rotatable bonds is 11. The van der Waals surface area contributed by atoms with Gasteiger partial charge in [-0.25, -0.2) is 19.0 Å². The number of aromatic nitrogens is 1. The molecule has 13 heteroatoms. The van der Waals surface area contributed by atoms with E-state index in [2.05, 4.69) is 25.7 Å². The number of nitrogens with one attached hydrogen (secondary N) is 2. The van der Waals surface area contributed by atoms with E-state index in [0.29, 0.717) is 40.3 Å². The summed E-state index contributed by atoms with van der Waals surface area (Å²) in [6.07, 6.45) is 3.67. The van der Waals surface area contributed by atoms with Crippen molar-refractivity contribution in [1.82, 2.24) is 15.3 Å². The highest BCUT2D eigenvalue weighted by Crippen LogP contribution is 2.38. The number of pyridine rings is 1. The molecule has 0 unspecified atom stereocenters. The third-order valence-corrected chi connectivity index (χ3v) is 7.04. The molecule has 230 valence electrons. The third kappa shape index (κ3) is 8.10. The van der Waals surface area contributed by atoms with E-state index < -0.39 is 17.7 Å². The molecule has 0 spiro atoms. The zero-order valence-electron chi connectivity index (χ0n) is 23.8. The molecule has 0 aliphatic carbocycles. The molecule has 5 rings (SSSR count). The minimum atomic E-state index is -0.723. The second-order valence-electron chi connectivity index (χ2n) is 9.72. The van der Waals surface area contributed by atoms with E-state index in [1.165, 1.54) is 30.5 Å². The number of nitrogens with zero attached hydrogens (tertiary/aromatic N) is 3. The lowest BCUT2D eigenvalue weighted by molar-refractivity contribution is 0.0357. The minimum absolute atomic E-state index is 0.0603. The van der Waals surface area contributed by atoms with Gasteiger partial charge in [-0.1, -0.05) is 11.6 Å². The van der Waals surface area contributed by atoms with Crippen LogP contribution in [0.4, 0.5) is 19.3 Å². The average molecular weight is 626 g/mol. The summed E-state index contributed by atoms with van der Waals surface area (Å²) in [5.41, 5.74) is 3.40. The Hall–Kier alpha value is -4.52. The molecule has 1 fully saturated rings. The number of carbonyl (C=O) groups is 1. The van der Waals surface area contributed by atoms with Gasteiger partial charge in [0.05, 0.1) is 43.7 Å². The Morgan fingerprint density at radius 3 is 2.68 bits per heavy atom. The molecule has 0 radical (unpaired) electrons. The second-order valence-corrected chi connectivity index (χ2v) is 10.1. The summed E-state index contributed by atoms with van der Waals surface area (Å²) in [6, 6.07) is 12.1. The zero-order chi connectivity index (χ0) is 30.9. The molecule has 44 heavy (non-hydrogen) atoms. The highest BCUT2D eigenvalue weighted by atomic mass is 35.5. The first-order chi connectivity index (χ1) is 21.4. The summed E-state index contributed by atoms with van der Waals surface area (Å²) < 4.78 is 51.0. The Bertz CT molecular complexity index is 1650. The molecule has 0 atom stereocenters. The van der Waals surface area contributed by atoms with Crippen LogP contribution in [0.15, 0.2) is 65.9 Å². The maximum Gasteiger partial charge on any atom is 0.339 e. The topological polar surface area (TPSA) is 107 Å². The van der Waals surface area contributed by atoms with Crippen LogP contribution < -0.4 is 25.0 Å². The largest absolute Gasteiger partial charge is 0.493 e. The van der Waals surface area contributed by atoms with E-state index in [4.69, 9.17) is 30.5 Å². The van der Waals surface area contributed by atoms with Crippen molar-refractivity contribution in [2.45, 2.75) is 6.42 Å². The molecule has 0 saturated carbocycles. The number of hydrogen-bond donors (Lipinski definition) is 2. The van der Waals surface area contributed by atoms with E-state index >= 15 is 4.39 Å². The SMILES string of the molecule is COc1cc2c(Oc3ccc(NC(=O)N/N=C/c4ccc(F)cc4Cl)cc3F)ccnc2cc1OCCCN1CCOCC1. The van der Waals surface area contributed by atoms with Crippen LogP contribution >= 0.6 is 11.6 Å². The third-order valence-electron chi connectivity index (χ3n) is 6.71. The van der Waals surface area contributed by atoms with Crippen LogP contribution in [-0.4, -0.2) is 68.7 Å². The number of fused-ring (bicyclic) bond motifs is 1. The number of benzene rings is 3. The normalized spacial score (nSPS) is 13.6. The van der Waals surface area contributed by atoms with Gasteiger partial charge in [0.2, 0.25) is 0 Å². The van der Waals surface area contributed by atoms with Gasteiger partial charge in [0.15, 0.2) is 23.1 Å². The zero-order valence-corrected chi connectivity index (χ0v) is 24.6. The number of urea groups is 1. The number of morpholine rings is 1. The minimum Gasteiger partial charge on any atom is -0.493 e. The summed E-state index contributed by atoms with van der Waals surface area (Å²) >= 11 is 5.93. The molecule has 4 aromatic rings. The molecular formula is C31H30ClF2N5O5. The van der Waals surface area contributed by atoms with Crippen molar-refractivity contribution < 1.29 is 32.5 Å². The van der Waals surface area contributed by atoms with Crippen molar-refractivity contribution in [2.75, 3.05) is 51.9 Å². The first-order valence-electron chi connectivity index (χ1n) is 13.8. The van der Waals surface area contributed by atoms with Gasteiger partial charge in [-0.15, -0.1) is 0 Å². The van der Waals surface area contributed by atoms with Gasteiger partial charge in [0, 0.05) is 54.6 Å². The summed E-state index contributed by atoms with van der Waals surface area (Å²) in [5, 5.41) is 6.98. The second kappa shape index (κ2) is 14.8. The molecule has 2 heterocycles. The smallest absolute Gasteiger partial charge is 0.339 e. The highest BCUT2D eigenvalue weighted by molar-refractivity contribution is 6.33. The number of halogens is 3. The van der Waals surface area contributed by atoms with Crippen LogP contribution in [0.1, 0.15) is 12.0 Å².